The molecular weight excluding hydrogens is 194 g/mol. The van der Waals surface area contributed by atoms with Gasteiger partial charge in [-0.05, 0) is 6.92 Å². The summed E-state index contributed by atoms with van der Waals surface area (Å²) in [7, 11) is 3.23. The van der Waals surface area contributed by atoms with Crippen LogP contribution >= 0.6 is 0 Å². The van der Waals surface area contributed by atoms with Crippen molar-refractivity contribution in [2.24, 2.45) is 0 Å². The molecule has 1 unspecified atom stereocenters. The molecule has 0 fully saturated rings. The fourth-order valence-corrected chi connectivity index (χ4v) is 1.14. The van der Waals surface area contributed by atoms with Crippen LogP contribution in [0.25, 0.3) is 0 Å². The van der Waals surface area contributed by atoms with Crippen molar-refractivity contribution >= 4 is 5.91 Å². The number of ether oxygens (including phenoxy) is 1. The molecule has 82 valence electrons. The SMILES string of the molecule is COC(C)C(=O)N(C)Cc1cnccn1. The summed E-state index contributed by atoms with van der Waals surface area (Å²) in [6.45, 7) is 2.16. The quantitative estimate of drug-likeness (QED) is 0.723. The average molecular weight is 209 g/mol. The van der Waals surface area contributed by atoms with Gasteiger partial charge in [0.1, 0.15) is 6.10 Å². The summed E-state index contributed by atoms with van der Waals surface area (Å²) in [6.07, 6.45) is 4.42. The van der Waals surface area contributed by atoms with E-state index in [1.807, 2.05) is 0 Å². The van der Waals surface area contributed by atoms with Gasteiger partial charge in [0.05, 0.1) is 18.4 Å². The van der Waals surface area contributed by atoms with E-state index in [4.69, 9.17) is 4.74 Å². The van der Waals surface area contributed by atoms with E-state index in [1.54, 1.807) is 37.5 Å². The van der Waals surface area contributed by atoms with Gasteiger partial charge in [0.15, 0.2) is 0 Å². The van der Waals surface area contributed by atoms with Crippen LogP contribution in [0, 0.1) is 0 Å². The van der Waals surface area contributed by atoms with E-state index >= 15 is 0 Å². The lowest BCUT2D eigenvalue weighted by molar-refractivity contribution is -0.140. The molecular formula is C10H15N3O2. The van der Waals surface area contributed by atoms with E-state index < -0.39 is 6.10 Å². The van der Waals surface area contributed by atoms with Crippen LogP contribution in [0.3, 0.4) is 0 Å². The van der Waals surface area contributed by atoms with Gasteiger partial charge in [-0.1, -0.05) is 0 Å². The highest BCUT2D eigenvalue weighted by Crippen LogP contribution is 2.01. The summed E-state index contributed by atoms with van der Waals surface area (Å²) in [6, 6.07) is 0. The van der Waals surface area contributed by atoms with Crippen molar-refractivity contribution in [1.82, 2.24) is 14.9 Å². The zero-order valence-electron chi connectivity index (χ0n) is 9.17. The maximum absolute atomic E-state index is 11.6. The van der Waals surface area contributed by atoms with Crippen LogP contribution in [0.1, 0.15) is 12.6 Å². The Hall–Kier alpha value is -1.49. The first-order valence-corrected chi connectivity index (χ1v) is 4.67. The van der Waals surface area contributed by atoms with Gasteiger partial charge >= 0.3 is 0 Å². The topological polar surface area (TPSA) is 55.3 Å². The maximum Gasteiger partial charge on any atom is 0.251 e. The van der Waals surface area contributed by atoms with Gasteiger partial charge in [-0.3, -0.25) is 14.8 Å². The summed E-state index contributed by atoms with van der Waals surface area (Å²) in [5.74, 6) is -0.0665. The van der Waals surface area contributed by atoms with Gasteiger partial charge in [0.2, 0.25) is 0 Å². The third-order valence-corrected chi connectivity index (χ3v) is 2.09. The highest BCUT2D eigenvalue weighted by molar-refractivity contribution is 5.80. The molecule has 0 aliphatic heterocycles. The first-order chi connectivity index (χ1) is 7.15. The van der Waals surface area contributed by atoms with Gasteiger partial charge in [-0.2, -0.15) is 0 Å². The first kappa shape index (κ1) is 11.6. The number of hydrogen-bond donors (Lipinski definition) is 0. The summed E-state index contributed by atoms with van der Waals surface area (Å²) >= 11 is 0. The number of hydrogen-bond acceptors (Lipinski definition) is 4. The van der Waals surface area contributed by atoms with Gasteiger partial charge in [0.25, 0.3) is 5.91 Å². The molecule has 0 bridgehead atoms. The molecule has 0 N–H and O–H groups in total. The van der Waals surface area contributed by atoms with Crippen molar-refractivity contribution in [3.63, 3.8) is 0 Å². The van der Waals surface area contributed by atoms with E-state index in [9.17, 15) is 4.79 Å². The Bertz CT molecular complexity index is 316. The summed E-state index contributed by atoms with van der Waals surface area (Å²) in [4.78, 5) is 21.2. The van der Waals surface area contributed by atoms with E-state index in [0.29, 0.717) is 6.54 Å². The van der Waals surface area contributed by atoms with Crippen LogP contribution in [-0.4, -0.2) is 41.0 Å². The number of rotatable bonds is 4. The molecule has 0 aliphatic carbocycles. The average Bonchev–Trinajstić information content (AvgIpc) is 2.28. The molecule has 0 saturated heterocycles. The Morgan fingerprint density at radius 3 is 2.87 bits per heavy atom. The zero-order chi connectivity index (χ0) is 11.3. The number of amides is 1. The van der Waals surface area contributed by atoms with Crippen LogP contribution in [0.2, 0.25) is 0 Å². The fraction of sp³-hybridized carbons (Fsp3) is 0.500. The van der Waals surface area contributed by atoms with Crippen molar-refractivity contribution in [2.75, 3.05) is 14.2 Å². The van der Waals surface area contributed by atoms with E-state index in [0.717, 1.165) is 5.69 Å². The molecule has 5 heteroatoms. The lowest BCUT2D eigenvalue weighted by atomic mass is 10.3. The minimum atomic E-state index is -0.424. The highest BCUT2D eigenvalue weighted by atomic mass is 16.5. The zero-order valence-corrected chi connectivity index (χ0v) is 9.17. The first-order valence-electron chi connectivity index (χ1n) is 4.67. The second kappa shape index (κ2) is 5.41. The number of aromatic nitrogens is 2. The smallest absolute Gasteiger partial charge is 0.251 e. The summed E-state index contributed by atoms with van der Waals surface area (Å²) in [5.41, 5.74) is 0.761. The Morgan fingerprint density at radius 2 is 2.33 bits per heavy atom. The Balaban J connectivity index is 2.56. The second-order valence-corrected chi connectivity index (χ2v) is 3.27. The van der Waals surface area contributed by atoms with E-state index in [2.05, 4.69) is 9.97 Å². The third-order valence-electron chi connectivity index (χ3n) is 2.09. The molecule has 5 nitrogen and oxygen atoms in total. The van der Waals surface area contributed by atoms with Crippen molar-refractivity contribution < 1.29 is 9.53 Å². The number of carbonyl (C=O) groups excluding carboxylic acids is 1. The van der Waals surface area contributed by atoms with Crippen molar-refractivity contribution in [2.45, 2.75) is 19.6 Å². The van der Waals surface area contributed by atoms with Crippen LogP contribution in [0.4, 0.5) is 0 Å². The standard InChI is InChI=1S/C10H15N3O2/c1-8(15-3)10(14)13(2)7-9-6-11-4-5-12-9/h4-6,8H,7H2,1-3H3. The summed E-state index contributed by atoms with van der Waals surface area (Å²) < 4.78 is 4.94. The van der Waals surface area contributed by atoms with Crippen molar-refractivity contribution in [3.8, 4) is 0 Å². The second-order valence-electron chi connectivity index (χ2n) is 3.27. The maximum atomic E-state index is 11.6. The third kappa shape index (κ3) is 3.28. The van der Waals surface area contributed by atoms with Gasteiger partial charge in [-0.15, -0.1) is 0 Å². The van der Waals surface area contributed by atoms with Crippen LogP contribution < -0.4 is 0 Å². The number of carbonyl (C=O) groups is 1. The monoisotopic (exact) mass is 209 g/mol. The molecule has 1 aromatic rings. The molecule has 0 radical (unpaired) electrons. The Kier molecular flexibility index (Phi) is 4.17. The molecule has 0 saturated carbocycles. The minimum absolute atomic E-state index is 0.0665. The van der Waals surface area contributed by atoms with Gasteiger partial charge in [-0.25, -0.2) is 0 Å². The molecule has 1 aromatic heterocycles. The molecule has 0 aromatic carbocycles. The number of methoxy groups -OCH3 is 1. The van der Waals surface area contributed by atoms with Gasteiger partial charge in [0, 0.05) is 26.6 Å². The van der Waals surface area contributed by atoms with Gasteiger partial charge < -0.3 is 9.64 Å². The number of nitrogens with zero attached hydrogens (tertiary/aromatic N) is 3. The predicted molar refractivity (Wildman–Crippen MR) is 55.0 cm³/mol. The van der Waals surface area contributed by atoms with Crippen LogP contribution in [0.5, 0.6) is 0 Å². The Morgan fingerprint density at radius 1 is 1.60 bits per heavy atom. The number of likely N-dealkylation sites (N-methyl/N-ethyl adjacent to an activating group) is 1. The molecule has 1 rings (SSSR count). The predicted octanol–water partition coefficient (Wildman–Crippen LogP) is 0.470. The molecule has 0 spiro atoms. The molecule has 0 aliphatic rings. The van der Waals surface area contributed by atoms with Crippen molar-refractivity contribution in [1.29, 1.82) is 0 Å². The minimum Gasteiger partial charge on any atom is -0.372 e. The van der Waals surface area contributed by atoms with Crippen molar-refractivity contribution in [3.05, 3.63) is 24.3 Å². The lowest BCUT2D eigenvalue weighted by Gasteiger charge is -2.19. The molecule has 1 atom stereocenters. The highest BCUT2D eigenvalue weighted by Gasteiger charge is 2.16. The van der Waals surface area contributed by atoms with E-state index in [-0.39, 0.29) is 5.91 Å². The van der Waals surface area contributed by atoms with Crippen LogP contribution in [-0.2, 0) is 16.1 Å². The fourth-order valence-electron chi connectivity index (χ4n) is 1.14. The largest absolute Gasteiger partial charge is 0.372 e. The van der Waals surface area contributed by atoms with Crippen LogP contribution in [0.15, 0.2) is 18.6 Å². The Labute approximate surface area is 89.1 Å². The normalized spacial score (nSPS) is 12.2. The molecule has 1 heterocycles. The summed E-state index contributed by atoms with van der Waals surface area (Å²) in [5, 5.41) is 0. The lowest BCUT2D eigenvalue weighted by Crippen LogP contribution is -2.35. The van der Waals surface area contributed by atoms with E-state index in [1.165, 1.54) is 7.11 Å². The molecule has 15 heavy (non-hydrogen) atoms. The molecule has 1 amide bonds.